The number of hydrogen-bond donors (Lipinski definition) is 1. The Hall–Kier alpha value is -1.77. The van der Waals surface area contributed by atoms with Gasteiger partial charge in [-0.1, -0.05) is 18.2 Å². The van der Waals surface area contributed by atoms with E-state index in [9.17, 15) is 4.79 Å². The number of benzene rings is 1. The van der Waals surface area contributed by atoms with Gasteiger partial charge in [-0.2, -0.15) is 0 Å². The molecule has 0 spiro atoms. The summed E-state index contributed by atoms with van der Waals surface area (Å²) in [4.78, 5) is 17.8. The lowest BCUT2D eigenvalue weighted by molar-refractivity contribution is -0.132. The monoisotopic (exact) mass is 254 g/mol. The van der Waals surface area contributed by atoms with Gasteiger partial charge in [0.05, 0.1) is 6.42 Å². The first-order valence-corrected chi connectivity index (χ1v) is 7.16. The number of likely N-dealkylation sites (tertiary alicyclic amines) is 1. The number of nitrogens with one attached hydrogen (secondary N) is 1. The topological polar surface area (TPSA) is 36.1 Å². The molecule has 1 aromatic carbocycles. The van der Waals surface area contributed by atoms with E-state index in [0.717, 1.165) is 23.5 Å². The summed E-state index contributed by atoms with van der Waals surface area (Å²) in [6.45, 7) is 0.992. The molecule has 2 unspecified atom stereocenters. The van der Waals surface area contributed by atoms with E-state index in [1.54, 1.807) is 0 Å². The number of rotatable bonds is 2. The number of aromatic nitrogens is 1. The number of para-hydroxylation sites is 1. The summed E-state index contributed by atoms with van der Waals surface area (Å²) in [7, 11) is 0. The quantitative estimate of drug-likeness (QED) is 0.879. The third-order valence-corrected chi connectivity index (χ3v) is 4.75. The maximum absolute atomic E-state index is 12.5. The Balaban J connectivity index is 1.56. The number of H-pyrrole nitrogens is 1. The van der Waals surface area contributed by atoms with Crippen molar-refractivity contribution >= 4 is 16.8 Å². The van der Waals surface area contributed by atoms with Gasteiger partial charge in [-0.15, -0.1) is 0 Å². The SMILES string of the molecule is O=C(Cc1c[nH]c2ccccc12)N1CC2CCC1C2. The van der Waals surface area contributed by atoms with Crippen LogP contribution >= 0.6 is 0 Å². The molecule has 1 saturated carbocycles. The van der Waals surface area contributed by atoms with E-state index in [4.69, 9.17) is 0 Å². The molecule has 2 atom stereocenters. The van der Waals surface area contributed by atoms with Gasteiger partial charge >= 0.3 is 0 Å². The Morgan fingerprint density at radius 3 is 3.00 bits per heavy atom. The zero-order chi connectivity index (χ0) is 12.8. The van der Waals surface area contributed by atoms with Crippen LogP contribution in [0.1, 0.15) is 24.8 Å². The van der Waals surface area contributed by atoms with Crippen molar-refractivity contribution in [2.75, 3.05) is 6.54 Å². The zero-order valence-electron chi connectivity index (χ0n) is 10.9. The van der Waals surface area contributed by atoms with Crippen LogP contribution in [-0.4, -0.2) is 28.4 Å². The second-order valence-corrected chi connectivity index (χ2v) is 5.92. The van der Waals surface area contributed by atoms with Gasteiger partial charge < -0.3 is 9.88 Å². The lowest BCUT2D eigenvalue weighted by atomic mass is 10.1. The van der Waals surface area contributed by atoms with E-state index >= 15 is 0 Å². The number of nitrogens with zero attached hydrogens (tertiary/aromatic N) is 1. The molecule has 4 rings (SSSR count). The molecule has 3 nitrogen and oxygen atoms in total. The van der Waals surface area contributed by atoms with Crippen molar-refractivity contribution < 1.29 is 4.79 Å². The molecular formula is C16H18N2O. The Bertz CT molecular complexity index is 630. The van der Waals surface area contributed by atoms with Gasteiger partial charge in [0.15, 0.2) is 0 Å². The molecule has 2 fully saturated rings. The molecule has 2 heterocycles. The van der Waals surface area contributed by atoms with Gasteiger partial charge in [0.1, 0.15) is 0 Å². The highest BCUT2D eigenvalue weighted by Gasteiger charge is 2.39. The average Bonchev–Trinajstić information content (AvgIpc) is 3.14. The molecule has 2 bridgehead atoms. The molecular weight excluding hydrogens is 236 g/mol. The van der Waals surface area contributed by atoms with E-state index in [-0.39, 0.29) is 0 Å². The molecule has 1 amide bonds. The largest absolute Gasteiger partial charge is 0.361 e. The molecule has 1 aliphatic heterocycles. The number of carbonyl (C=O) groups is 1. The zero-order valence-corrected chi connectivity index (χ0v) is 10.9. The van der Waals surface area contributed by atoms with E-state index in [2.05, 4.69) is 22.0 Å². The van der Waals surface area contributed by atoms with Crippen molar-refractivity contribution in [3.63, 3.8) is 0 Å². The highest BCUT2D eigenvalue weighted by atomic mass is 16.2. The molecule has 1 saturated heterocycles. The Labute approximate surface area is 112 Å². The average molecular weight is 254 g/mol. The van der Waals surface area contributed by atoms with Crippen molar-refractivity contribution in [2.45, 2.75) is 31.7 Å². The van der Waals surface area contributed by atoms with Gasteiger partial charge in [-0.25, -0.2) is 0 Å². The van der Waals surface area contributed by atoms with Crippen LogP contribution in [0.25, 0.3) is 10.9 Å². The molecule has 0 radical (unpaired) electrons. The summed E-state index contributed by atoms with van der Waals surface area (Å²) in [6.07, 6.45) is 6.29. The van der Waals surface area contributed by atoms with E-state index in [1.165, 1.54) is 24.6 Å². The molecule has 2 aromatic rings. The normalized spacial score (nSPS) is 25.4. The lowest BCUT2D eigenvalue weighted by Gasteiger charge is -2.27. The third-order valence-electron chi connectivity index (χ3n) is 4.75. The Morgan fingerprint density at radius 2 is 2.21 bits per heavy atom. The number of fused-ring (bicyclic) bond motifs is 3. The van der Waals surface area contributed by atoms with Crippen LogP contribution in [0, 0.1) is 5.92 Å². The summed E-state index contributed by atoms with van der Waals surface area (Å²) in [5.74, 6) is 1.08. The van der Waals surface area contributed by atoms with Crippen LogP contribution in [0.15, 0.2) is 30.5 Å². The van der Waals surface area contributed by atoms with Gasteiger partial charge in [-0.05, 0) is 36.8 Å². The molecule has 1 aromatic heterocycles. The summed E-state index contributed by atoms with van der Waals surface area (Å²) >= 11 is 0. The van der Waals surface area contributed by atoms with Crippen LogP contribution in [0.3, 0.4) is 0 Å². The number of aromatic amines is 1. The van der Waals surface area contributed by atoms with Crippen LogP contribution in [-0.2, 0) is 11.2 Å². The van der Waals surface area contributed by atoms with Gasteiger partial charge in [0, 0.05) is 29.7 Å². The van der Waals surface area contributed by atoms with Crippen LogP contribution in [0.2, 0.25) is 0 Å². The third kappa shape index (κ3) is 1.76. The standard InChI is InChI=1S/C16H18N2O/c19-16(18-10-11-5-6-13(18)7-11)8-12-9-17-15-4-2-1-3-14(12)15/h1-4,9,11,13,17H,5-8,10H2. The Kier molecular flexibility index (Phi) is 2.40. The minimum Gasteiger partial charge on any atom is -0.361 e. The fourth-order valence-corrected chi connectivity index (χ4v) is 3.77. The second kappa shape index (κ2) is 4.12. The maximum atomic E-state index is 12.5. The highest BCUT2D eigenvalue weighted by molar-refractivity contribution is 5.89. The maximum Gasteiger partial charge on any atom is 0.227 e. The van der Waals surface area contributed by atoms with Crippen LogP contribution in [0.5, 0.6) is 0 Å². The fraction of sp³-hybridized carbons (Fsp3) is 0.438. The van der Waals surface area contributed by atoms with Gasteiger partial charge in [0.2, 0.25) is 5.91 Å². The summed E-state index contributed by atoms with van der Waals surface area (Å²) in [6, 6.07) is 8.72. The first-order chi connectivity index (χ1) is 9.31. The van der Waals surface area contributed by atoms with Crippen molar-refractivity contribution in [1.82, 2.24) is 9.88 Å². The van der Waals surface area contributed by atoms with Crippen LogP contribution in [0.4, 0.5) is 0 Å². The number of carbonyl (C=O) groups excluding carboxylic acids is 1. The second-order valence-electron chi connectivity index (χ2n) is 5.92. The summed E-state index contributed by atoms with van der Waals surface area (Å²) < 4.78 is 0. The molecule has 19 heavy (non-hydrogen) atoms. The molecule has 2 aliphatic rings. The highest BCUT2D eigenvalue weighted by Crippen LogP contribution is 2.37. The molecule has 98 valence electrons. The lowest BCUT2D eigenvalue weighted by Crippen LogP contribution is -2.38. The minimum absolute atomic E-state index is 0.303. The molecule has 1 N–H and O–H groups in total. The summed E-state index contributed by atoms with van der Waals surface area (Å²) in [5.41, 5.74) is 2.25. The molecule has 1 aliphatic carbocycles. The fourth-order valence-electron chi connectivity index (χ4n) is 3.77. The number of piperidine rings is 1. The van der Waals surface area contributed by atoms with Gasteiger partial charge in [-0.3, -0.25) is 4.79 Å². The van der Waals surface area contributed by atoms with E-state index in [1.807, 2.05) is 18.3 Å². The first kappa shape index (κ1) is 11.1. The van der Waals surface area contributed by atoms with Crippen molar-refractivity contribution in [2.24, 2.45) is 5.92 Å². The van der Waals surface area contributed by atoms with Crippen LogP contribution < -0.4 is 0 Å². The predicted molar refractivity (Wildman–Crippen MR) is 74.8 cm³/mol. The van der Waals surface area contributed by atoms with Crippen molar-refractivity contribution in [1.29, 1.82) is 0 Å². The number of amides is 1. The van der Waals surface area contributed by atoms with Crippen molar-refractivity contribution in [3.8, 4) is 0 Å². The van der Waals surface area contributed by atoms with Crippen molar-refractivity contribution in [3.05, 3.63) is 36.0 Å². The predicted octanol–water partition coefficient (Wildman–Crippen LogP) is 2.72. The molecule has 3 heteroatoms. The first-order valence-electron chi connectivity index (χ1n) is 7.16. The summed E-state index contributed by atoms with van der Waals surface area (Å²) in [5, 5.41) is 1.18. The van der Waals surface area contributed by atoms with E-state index in [0.29, 0.717) is 18.4 Å². The number of hydrogen-bond acceptors (Lipinski definition) is 1. The Morgan fingerprint density at radius 1 is 1.32 bits per heavy atom. The minimum atomic E-state index is 0.303. The smallest absolute Gasteiger partial charge is 0.227 e. The van der Waals surface area contributed by atoms with E-state index < -0.39 is 0 Å². The van der Waals surface area contributed by atoms with Gasteiger partial charge in [0.25, 0.3) is 0 Å².